The van der Waals surface area contributed by atoms with Crippen LogP contribution in [0.4, 0.5) is 0 Å². The molecule has 1 N–H and O–H groups in total. The number of rotatable bonds is 2. The molecule has 0 radical (unpaired) electrons. The van der Waals surface area contributed by atoms with Crippen LogP contribution in [0.1, 0.15) is 10.4 Å². The fourth-order valence-corrected chi connectivity index (χ4v) is 2.87. The van der Waals surface area contributed by atoms with E-state index in [4.69, 9.17) is 4.55 Å². The van der Waals surface area contributed by atoms with Gasteiger partial charge in [0, 0.05) is 16.3 Å². The van der Waals surface area contributed by atoms with Crippen LogP contribution in [0.2, 0.25) is 0 Å². The van der Waals surface area contributed by atoms with Crippen LogP contribution in [-0.4, -0.2) is 24.2 Å². The van der Waals surface area contributed by atoms with Crippen LogP contribution in [0.5, 0.6) is 0 Å². The summed E-state index contributed by atoms with van der Waals surface area (Å²) in [5.41, 5.74) is 1.16. The summed E-state index contributed by atoms with van der Waals surface area (Å²) < 4.78 is 31.8. The van der Waals surface area contributed by atoms with Gasteiger partial charge in [-0.05, 0) is 24.3 Å². The number of carbonyl (C=O) groups is 1. The Hall–Kier alpha value is -2.31. The molecular weight excluding hydrogens is 278 g/mol. The van der Waals surface area contributed by atoms with Gasteiger partial charge in [0.2, 0.25) is 0 Å². The van der Waals surface area contributed by atoms with Gasteiger partial charge in [0.1, 0.15) is 4.90 Å². The predicted molar refractivity (Wildman–Crippen MR) is 74.5 cm³/mol. The second-order valence-corrected chi connectivity index (χ2v) is 5.71. The standard InChI is InChI=1S/C14H9NO4S/c16-8-11-10-7-9-3-1-2-4-12(9)15-13(10)5-6-14(11)20(17,18)19/h1-8H,(H,17,18,19). The minimum absolute atomic E-state index is 0.0803. The van der Waals surface area contributed by atoms with Gasteiger partial charge >= 0.3 is 0 Å². The van der Waals surface area contributed by atoms with Crippen LogP contribution in [0.3, 0.4) is 0 Å². The van der Waals surface area contributed by atoms with Crippen molar-refractivity contribution in [1.82, 2.24) is 4.98 Å². The lowest BCUT2D eigenvalue weighted by molar-refractivity contribution is 0.112. The van der Waals surface area contributed by atoms with Crippen LogP contribution in [0.15, 0.2) is 47.4 Å². The molecule has 3 aromatic rings. The van der Waals surface area contributed by atoms with Crippen molar-refractivity contribution >= 4 is 38.2 Å². The molecular formula is C14H9NO4S. The lowest BCUT2D eigenvalue weighted by Gasteiger charge is -2.07. The number of pyridine rings is 1. The molecule has 1 heterocycles. The zero-order valence-corrected chi connectivity index (χ0v) is 11.0. The van der Waals surface area contributed by atoms with Crippen molar-refractivity contribution in [2.75, 3.05) is 0 Å². The van der Waals surface area contributed by atoms with Crippen LogP contribution in [-0.2, 0) is 10.1 Å². The predicted octanol–water partition coefficient (Wildman–Crippen LogP) is 2.45. The van der Waals surface area contributed by atoms with Crippen molar-refractivity contribution in [3.8, 4) is 0 Å². The highest BCUT2D eigenvalue weighted by molar-refractivity contribution is 7.86. The van der Waals surface area contributed by atoms with Gasteiger partial charge in [-0.2, -0.15) is 8.42 Å². The molecule has 6 heteroatoms. The number of hydrogen-bond acceptors (Lipinski definition) is 4. The monoisotopic (exact) mass is 287 g/mol. The third-order valence-corrected chi connectivity index (χ3v) is 4.01. The first-order chi connectivity index (χ1) is 9.50. The molecule has 0 amide bonds. The highest BCUT2D eigenvalue weighted by atomic mass is 32.2. The number of nitrogens with zero attached hydrogens (tertiary/aromatic N) is 1. The first kappa shape index (κ1) is 12.7. The van der Waals surface area contributed by atoms with Crippen molar-refractivity contribution in [3.63, 3.8) is 0 Å². The normalized spacial score (nSPS) is 11.8. The maximum atomic E-state index is 11.3. The lowest BCUT2D eigenvalue weighted by atomic mass is 10.1. The highest BCUT2D eigenvalue weighted by Gasteiger charge is 2.18. The van der Waals surface area contributed by atoms with Gasteiger partial charge in [-0.25, -0.2) is 4.98 Å². The van der Waals surface area contributed by atoms with E-state index in [-0.39, 0.29) is 5.56 Å². The van der Waals surface area contributed by atoms with Crippen LogP contribution in [0, 0.1) is 0 Å². The molecule has 0 saturated heterocycles. The van der Waals surface area contributed by atoms with E-state index in [0.717, 1.165) is 10.9 Å². The molecule has 0 saturated carbocycles. The molecule has 1 aromatic heterocycles. The smallest absolute Gasteiger partial charge is 0.295 e. The Balaban J connectivity index is 2.50. The second-order valence-electron chi connectivity index (χ2n) is 4.32. The highest BCUT2D eigenvalue weighted by Crippen LogP contribution is 2.26. The second kappa shape index (κ2) is 4.36. The molecule has 0 aliphatic carbocycles. The van der Waals surface area contributed by atoms with E-state index < -0.39 is 15.0 Å². The summed E-state index contributed by atoms with van der Waals surface area (Å²) in [5, 5.41) is 1.18. The Bertz CT molecular complexity index is 948. The molecule has 0 aliphatic heterocycles. The SMILES string of the molecule is O=Cc1c(S(=O)(=O)O)ccc2nc3ccccc3cc12. The Kier molecular flexibility index (Phi) is 2.77. The number of benzene rings is 2. The van der Waals surface area contributed by atoms with E-state index >= 15 is 0 Å². The number of aldehydes is 1. The van der Waals surface area contributed by atoms with E-state index in [1.165, 1.54) is 12.1 Å². The maximum Gasteiger partial charge on any atom is 0.295 e. The average molecular weight is 287 g/mol. The summed E-state index contributed by atoms with van der Waals surface area (Å²) in [6.45, 7) is 0. The van der Waals surface area contributed by atoms with Gasteiger partial charge in [-0.15, -0.1) is 0 Å². The molecule has 2 aromatic carbocycles. The fourth-order valence-electron chi connectivity index (χ4n) is 2.20. The third-order valence-electron chi connectivity index (χ3n) is 3.10. The van der Waals surface area contributed by atoms with Crippen molar-refractivity contribution in [2.24, 2.45) is 0 Å². The molecule has 0 spiro atoms. The number of para-hydroxylation sites is 1. The van der Waals surface area contributed by atoms with Gasteiger partial charge in [0.15, 0.2) is 6.29 Å². The Labute approximate surface area is 114 Å². The van der Waals surface area contributed by atoms with Crippen molar-refractivity contribution in [1.29, 1.82) is 0 Å². The number of hydrogen-bond donors (Lipinski definition) is 1. The summed E-state index contributed by atoms with van der Waals surface area (Å²) in [6.07, 6.45) is 0.419. The largest absolute Gasteiger partial charge is 0.298 e. The van der Waals surface area contributed by atoms with Crippen LogP contribution >= 0.6 is 0 Å². The number of carbonyl (C=O) groups excluding carboxylic acids is 1. The van der Waals surface area contributed by atoms with Crippen LogP contribution in [0.25, 0.3) is 21.8 Å². The van der Waals surface area contributed by atoms with Gasteiger partial charge in [0.25, 0.3) is 10.1 Å². The molecule has 0 bridgehead atoms. The summed E-state index contributed by atoms with van der Waals surface area (Å²) in [5.74, 6) is 0. The topological polar surface area (TPSA) is 84.3 Å². The summed E-state index contributed by atoms with van der Waals surface area (Å²) in [6, 6.07) is 11.6. The quantitative estimate of drug-likeness (QED) is 0.444. The van der Waals surface area contributed by atoms with Gasteiger partial charge < -0.3 is 0 Å². The molecule has 3 rings (SSSR count). The summed E-state index contributed by atoms with van der Waals surface area (Å²) in [7, 11) is -4.45. The van der Waals surface area contributed by atoms with Crippen molar-refractivity contribution < 1.29 is 17.8 Å². The van der Waals surface area contributed by atoms with E-state index in [1.807, 2.05) is 24.3 Å². The lowest BCUT2D eigenvalue weighted by Crippen LogP contribution is -2.03. The fraction of sp³-hybridized carbons (Fsp3) is 0. The molecule has 0 fully saturated rings. The molecule has 0 atom stereocenters. The Morgan fingerprint density at radius 1 is 1.05 bits per heavy atom. The summed E-state index contributed by atoms with van der Waals surface area (Å²) >= 11 is 0. The first-order valence-corrected chi connectivity index (χ1v) is 7.20. The third kappa shape index (κ3) is 1.95. The van der Waals surface area contributed by atoms with E-state index in [1.54, 1.807) is 6.07 Å². The zero-order valence-electron chi connectivity index (χ0n) is 10.1. The molecule has 5 nitrogen and oxygen atoms in total. The average Bonchev–Trinajstić information content (AvgIpc) is 2.42. The number of fused-ring (bicyclic) bond motifs is 2. The maximum absolute atomic E-state index is 11.3. The van der Waals surface area contributed by atoms with E-state index in [2.05, 4.69) is 4.98 Å². The van der Waals surface area contributed by atoms with Crippen molar-refractivity contribution in [3.05, 3.63) is 48.0 Å². The Morgan fingerprint density at radius 2 is 1.80 bits per heavy atom. The van der Waals surface area contributed by atoms with Crippen molar-refractivity contribution in [2.45, 2.75) is 4.90 Å². The molecule has 20 heavy (non-hydrogen) atoms. The van der Waals surface area contributed by atoms with E-state index in [9.17, 15) is 13.2 Å². The minimum atomic E-state index is -4.45. The summed E-state index contributed by atoms with van der Waals surface area (Å²) in [4.78, 5) is 15.2. The first-order valence-electron chi connectivity index (χ1n) is 5.76. The van der Waals surface area contributed by atoms with Gasteiger partial charge in [0.05, 0.1) is 11.0 Å². The van der Waals surface area contributed by atoms with Gasteiger partial charge in [-0.1, -0.05) is 18.2 Å². The van der Waals surface area contributed by atoms with E-state index in [0.29, 0.717) is 17.2 Å². The Morgan fingerprint density at radius 3 is 2.50 bits per heavy atom. The molecule has 0 aliphatic rings. The van der Waals surface area contributed by atoms with Crippen LogP contribution < -0.4 is 0 Å². The molecule has 0 unspecified atom stereocenters. The van der Waals surface area contributed by atoms with Gasteiger partial charge in [-0.3, -0.25) is 9.35 Å². The molecule has 100 valence electrons. The minimum Gasteiger partial charge on any atom is -0.298 e. The number of aromatic nitrogens is 1. The zero-order chi connectivity index (χ0) is 14.3.